The fourth-order valence-corrected chi connectivity index (χ4v) is 4.69. The van der Waals surface area contributed by atoms with Crippen LogP contribution >= 0.6 is 0 Å². The first-order valence-electron chi connectivity index (χ1n) is 11.4. The number of nitrogens with zero attached hydrogens (tertiary/aromatic N) is 4. The highest BCUT2D eigenvalue weighted by Gasteiger charge is 2.35. The van der Waals surface area contributed by atoms with Crippen molar-refractivity contribution in [2.24, 2.45) is 5.73 Å². The van der Waals surface area contributed by atoms with Crippen molar-refractivity contribution in [2.75, 3.05) is 30.0 Å². The van der Waals surface area contributed by atoms with Gasteiger partial charge in [-0.3, -0.25) is 14.4 Å². The molecule has 2 aromatic carbocycles. The van der Waals surface area contributed by atoms with Gasteiger partial charge in [0.25, 0.3) is 11.8 Å². The molecule has 0 radical (unpaired) electrons. The van der Waals surface area contributed by atoms with E-state index >= 15 is 0 Å². The molecular weight excluding hydrogens is 453 g/mol. The van der Waals surface area contributed by atoms with Gasteiger partial charge in [-0.1, -0.05) is 0 Å². The smallest absolute Gasteiger partial charge is 0.277 e. The minimum absolute atomic E-state index is 0.0169. The molecule has 3 heterocycles. The summed E-state index contributed by atoms with van der Waals surface area (Å²) in [5.41, 5.74) is 7.87. The normalized spacial score (nSPS) is 15.8. The van der Waals surface area contributed by atoms with E-state index in [0.717, 1.165) is 12.8 Å². The molecule has 10 heteroatoms. The number of ether oxygens (including phenoxy) is 1. The highest BCUT2D eigenvalue weighted by atomic mass is 19.1. The topological polar surface area (TPSA) is 111 Å². The molecule has 0 bridgehead atoms. The van der Waals surface area contributed by atoms with Crippen LogP contribution in [0.4, 0.5) is 15.8 Å². The van der Waals surface area contributed by atoms with Crippen LogP contribution in [0.25, 0.3) is 5.69 Å². The summed E-state index contributed by atoms with van der Waals surface area (Å²) >= 11 is 0. The van der Waals surface area contributed by atoms with Crippen LogP contribution in [0.1, 0.15) is 45.8 Å². The first-order chi connectivity index (χ1) is 16.9. The molecule has 180 valence electrons. The summed E-state index contributed by atoms with van der Waals surface area (Å²) in [6, 6.07) is 10.8. The Balaban J connectivity index is 1.56. The van der Waals surface area contributed by atoms with Crippen molar-refractivity contribution in [2.45, 2.75) is 25.7 Å². The van der Waals surface area contributed by atoms with Crippen LogP contribution < -0.4 is 20.3 Å². The molecule has 0 unspecified atom stereocenters. The predicted octanol–water partition coefficient (Wildman–Crippen LogP) is 2.84. The average molecular weight is 477 g/mol. The monoisotopic (exact) mass is 477 g/mol. The maximum atomic E-state index is 13.7. The number of fused-ring (bicyclic) bond motifs is 1. The van der Waals surface area contributed by atoms with Gasteiger partial charge in [-0.05, 0) is 55.7 Å². The van der Waals surface area contributed by atoms with Crippen LogP contribution in [0.3, 0.4) is 0 Å². The van der Waals surface area contributed by atoms with Crippen LogP contribution in [0.5, 0.6) is 5.75 Å². The number of hydrogen-bond donors (Lipinski definition) is 1. The zero-order valence-electron chi connectivity index (χ0n) is 19.2. The third-order valence-electron chi connectivity index (χ3n) is 6.41. The molecule has 0 spiro atoms. The van der Waals surface area contributed by atoms with Crippen LogP contribution in [0.2, 0.25) is 0 Å². The maximum absolute atomic E-state index is 13.7. The van der Waals surface area contributed by atoms with Gasteiger partial charge in [0.05, 0.1) is 18.5 Å². The Hall–Kier alpha value is -4.21. The van der Waals surface area contributed by atoms with E-state index in [0.29, 0.717) is 47.8 Å². The molecule has 2 aliphatic rings. The number of carbonyl (C=O) groups is 3. The lowest BCUT2D eigenvalue weighted by molar-refractivity contribution is -0.119. The summed E-state index contributed by atoms with van der Waals surface area (Å²) in [5.74, 6) is -1.06. The zero-order chi connectivity index (χ0) is 24.7. The first-order valence-corrected chi connectivity index (χ1v) is 11.4. The number of piperidine rings is 1. The number of methoxy groups -OCH3 is 1. The number of benzene rings is 2. The Morgan fingerprint density at radius 1 is 1.00 bits per heavy atom. The first kappa shape index (κ1) is 22.6. The van der Waals surface area contributed by atoms with E-state index in [1.54, 1.807) is 28.0 Å². The molecule has 35 heavy (non-hydrogen) atoms. The van der Waals surface area contributed by atoms with Gasteiger partial charge in [-0.25, -0.2) is 9.07 Å². The summed E-state index contributed by atoms with van der Waals surface area (Å²) in [4.78, 5) is 41.4. The minimum Gasteiger partial charge on any atom is -0.494 e. The lowest BCUT2D eigenvalue weighted by Crippen LogP contribution is -2.39. The second-order valence-electron chi connectivity index (χ2n) is 8.49. The van der Waals surface area contributed by atoms with E-state index in [1.165, 1.54) is 36.1 Å². The van der Waals surface area contributed by atoms with Gasteiger partial charge in [-0.2, -0.15) is 5.10 Å². The molecule has 2 N–H and O–H groups in total. The van der Waals surface area contributed by atoms with Crippen molar-refractivity contribution in [3.8, 4) is 11.4 Å². The van der Waals surface area contributed by atoms with Crippen molar-refractivity contribution >= 4 is 29.1 Å². The summed E-state index contributed by atoms with van der Waals surface area (Å²) in [6.07, 6.45) is 2.66. The molecule has 0 aliphatic carbocycles. The SMILES string of the molecule is COc1cc(N2CCCCC2=O)ccc1N1CCc2c(C(N)=O)nn(-c3ccc(F)cc3)c2C1=O. The second kappa shape index (κ2) is 8.86. The van der Waals surface area contributed by atoms with Crippen LogP contribution in [0, 0.1) is 5.82 Å². The molecule has 1 saturated heterocycles. The number of hydrogen-bond acceptors (Lipinski definition) is 5. The van der Waals surface area contributed by atoms with Crippen LogP contribution in [-0.2, 0) is 11.2 Å². The molecule has 1 aromatic heterocycles. The van der Waals surface area contributed by atoms with Crippen LogP contribution in [0.15, 0.2) is 42.5 Å². The van der Waals surface area contributed by atoms with E-state index in [1.807, 2.05) is 0 Å². The highest BCUT2D eigenvalue weighted by Crippen LogP contribution is 2.37. The fourth-order valence-electron chi connectivity index (χ4n) is 4.69. The number of halogens is 1. The Morgan fingerprint density at radius 2 is 1.74 bits per heavy atom. The lowest BCUT2D eigenvalue weighted by atomic mass is 10.0. The lowest BCUT2D eigenvalue weighted by Gasteiger charge is -2.31. The number of rotatable bonds is 5. The van der Waals surface area contributed by atoms with Crippen molar-refractivity contribution in [1.29, 1.82) is 0 Å². The minimum atomic E-state index is -0.739. The molecule has 1 fully saturated rings. The molecule has 9 nitrogen and oxygen atoms in total. The largest absolute Gasteiger partial charge is 0.494 e. The van der Waals surface area contributed by atoms with Crippen molar-refractivity contribution in [3.05, 3.63) is 65.2 Å². The Kier molecular flexibility index (Phi) is 5.72. The van der Waals surface area contributed by atoms with Gasteiger partial charge in [0.15, 0.2) is 5.69 Å². The number of amides is 3. The van der Waals surface area contributed by atoms with Gasteiger partial charge in [0.1, 0.15) is 17.3 Å². The third kappa shape index (κ3) is 3.90. The zero-order valence-corrected chi connectivity index (χ0v) is 19.2. The quantitative estimate of drug-likeness (QED) is 0.608. The number of nitrogens with two attached hydrogens (primary N) is 1. The molecule has 2 aliphatic heterocycles. The molecule has 3 aromatic rings. The summed E-state index contributed by atoms with van der Waals surface area (Å²) < 4.78 is 20.4. The van der Waals surface area contributed by atoms with Gasteiger partial charge in [-0.15, -0.1) is 0 Å². The number of aromatic nitrogens is 2. The van der Waals surface area contributed by atoms with Crippen LogP contribution in [-0.4, -0.2) is 47.7 Å². The van der Waals surface area contributed by atoms with E-state index < -0.39 is 17.6 Å². The average Bonchev–Trinajstić information content (AvgIpc) is 3.26. The molecular formula is C25H24FN5O4. The number of anilines is 2. The van der Waals surface area contributed by atoms with E-state index in [2.05, 4.69) is 5.10 Å². The van der Waals surface area contributed by atoms with Crippen molar-refractivity contribution < 1.29 is 23.5 Å². The van der Waals surface area contributed by atoms with Crippen molar-refractivity contribution in [1.82, 2.24) is 9.78 Å². The molecule has 0 atom stereocenters. The van der Waals surface area contributed by atoms with Gasteiger partial charge in [0.2, 0.25) is 5.91 Å². The van der Waals surface area contributed by atoms with E-state index in [9.17, 15) is 18.8 Å². The Bertz CT molecular complexity index is 1330. The van der Waals surface area contributed by atoms with Gasteiger partial charge >= 0.3 is 0 Å². The molecule has 0 saturated carbocycles. The van der Waals surface area contributed by atoms with Gasteiger partial charge in [0, 0.05) is 36.8 Å². The Labute approximate surface area is 200 Å². The van der Waals surface area contributed by atoms with E-state index in [-0.39, 0.29) is 23.8 Å². The van der Waals surface area contributed by atoms with Gasteiger partial charge < -0.3 is 20.3 Å². The molecule has 3 amide bonds. The molecule has 5 rings (SSSR count). The Morgan fingerprint density at radius 3 is 2.43 bits per heavy atom. The third-order valence-corrected chi connectivity index (χ3v) is 6.41. The number of primary amides is 1. The predicted molar refractivity (Wildman–Crippen MR) is 127 cm³/mol. The summed E-state index contributed by atoms with van der Waals surface area (Å²) in [5, 5.41) is 4.29. The maximum Gasteiger partial charge on any atom is 0.277 e. The van der Waals surface area contributed by atoms with E-state index in [4.69, 9.17) is 10.5 Å². The second-order valence-corrected chi connectivity index (χ2v) is 8.49. The standard InChI is InChI=1S/C25H24FN5O4/c1-35-20-14-17(29-12-3-2-4-21(29)32)9-10-19(20)30-13-11-18-22(24(27)33)28-31(23(18)25(30)34)16-7-5-15(26)6-8-16/h5-10,14H,2-4,11-13H2,1H3,(H2,27,33). The summed E-state index contributed by atoms with van der Waals surface area (Å²) in [7, 11) is 1.51. The summed E-state index contributed by atoms with van der Waals surface area (Å²) in [6.45, 7) is 0.916. The fraction of sp³-hybridized carbons (Fsp3) is 0.280. The van der Waals surface area contributed by atoms with Crippen molar-refractivity contribution in [3.63, 3.8) is 0 Å². The number of carbonyl (C=O) groups excluding carboxylic acids is 3. The highest BCUT2D eigenvalue weighted by molar-refractivity contribution is 6.10.